The van der Waals surface area contributed by atoms with Crippen molar-refractivity contribution in [1.82, 2.24) is 14.9 Å². The zero-order chi connectivity index (χ0) is 16.7. The molecule has 1 fully saturated rings. The average molecular weight is 363 g/mol. The Morgan fingerprint density at radius 3 is 3.08 bits per heavy atom. The SMILES string of the molecule is O=C(c1cc(F)cc2[nH]c(=S)[nH]c12)N1CCOC(c2cccs2)C1. The Bertz CT molecular complexity index is 948. The lowest BCUT2D eigenvalue weighted by atomic mass is 10.1. The lowest BCUT2D eigenvalue weighted by molar-refractivity contribution is -0.0211. The minimum atomic E-state index is -0.473. The van der Waals surface area contributed by atoms with Gasteiger partial charge >= 0.3 is 0 Å². The van der Waals surface area contributed by atoms with Gasteiger partial charge in [-0.1, -0.05) is 6.07 Å². The van der Waals surface area contributed by atoms with Crippen LogP contribution in [0.25, 0.3) is 11.0 Å². The van der Waals surface area contributed by atoms with E-state index in [-0.39, 0.29) is 17.6 Å². The summed E-state index contributed by atoms with van der Waals surface area (Å²) in [5.41, 5.74) is 1.31. The van der Waals surface area contributed by atoms with E-state index in [0.717, 1.165) is 4.88 Å². The monoisotopic (exact) mass is 363 g/mol. The number of ether oxygens (including phenoxy) is 1. The summed E-state index contributed by atoms with van der Waals surface area (Å²) in [4.78, 5) is 21.5. The first-order valence-electron chi connectivity index (χ1n) is 7.47. The van der Waals surface area contributed by atoms with E-state index in [2.05, 4.69) is 9.97 Å². The van der Waals surface area contributed by atoms with Crippen molar-refractivity contribution in [2.45, 2.75) is 6.10 Å². The van der Waals surface area contributed by atoms with E-state index in [1.54, 1.807) is 16.2 Å². The van der Waals surface area contributed by atoms with E-state index in [1.807, 2.05) is 17.5 Å². The molecular weight excluding hydrogens is 349 g/mol. The normalized spacial score (nSPS) is 18.2. The smallest absolute Gasteiger partial charge is 0.256 e. The van der Waals surface area contributed by atoms with Crippen molar-refractivity contribution >= 4 is 40.5 Å². The lowest BCUT2D eigenvalue weighted by Gasteiger charge is -2.32. The Kier molecular flexibility index (Phi) is 3.95. The van der Waals surface area contributed by atoms with Gasteiger partial charge in [-0.3, -0.25) is 4.79 Å². The molecule has 124 valence electrons. The first-order chi connectivity index (χ1) is 11.6. The van der Waals surface area contributed by atoms with Gasteiger partial charge in [0.25, 0.3) is 5.91 Å². The average Bonchev–Trinajstić information content (AvgIpc) is 3.22. The molecule has 0 radical (unpaired) electrons. The second-order valence-corrected chi connectivity index (χ2v) is 6.97. The van der Waals surface area contributed by atoms with E-state index < -0.39 is 5.82 Å². The van der Waals surface area contributed by atoms with Crippen LogP contribution >= 0.6 is 23.6 Å². The highest BCUT2D eigenvalue weighted by molar-refractivity contribution is 7.71. The number of rotatable bonds is 2. The molecule has 2 N–H and O–H groups in total. The predicted molar refractivity (Wildman–Crippen MR) is 92.4 cm³/mol. The number of hydrogen-bond acceptors (Lipinski definition) is 4. The van der Waals surface area contributed by atoms with E-state index >= 15 is 0 Å². The van der Waals surface area contributed by atoms with Crippen LogP contribution in [0.1, 0.15) is 21.3 Å². The molecule has 0 aliphatic carbocycles. The minimum Gasteiger partial charge on any atom is -0.369 e. The molecule has 3 heterocycles. The van der Waals surface area contributed by atoms with Gasteiger partial charge in [0.1, 0.15) is 11.9 Å². The number of H-pyrrole nitrogens is 2. The summed E-state index contributed by atoms with van der Waals surface area (Å²) in [5.74, 6) is -0.700. The molecule has 5 nitrogen and oxygen atoms in total. The Morgan fingerprint density at radius 1 is 1.42 bits per heavy atom. The molecule has 1 saturated heterocycles. The van der Waals surface area contributed by atoms with Crippen molar-refractivity contribution in [2.24, 2.45) is 0 Å². The van der Waals surface area contributed by atoms with Gasteiger partial charge in [0.15, 0.2) is 4.77 Å². The second kappa shape index (κ2) is 6.12. The molecule has 0 saturated carbocycles. The second-order valence-electron chi connectivity index (χ2n) is 5.58. The Balaban J connectivity index is 1.67. The molecular formula is C16H14FN3O2S2. The maximum Gasteiger partial charge on any atom is 0.256 e. The van der Waals surface area contributed by atoms with E-state index in [9.17, 15) is 9.18 Å². The van der Waals surface area contributed by atoms with E-state index in [4.69, 9.17) is 17.0 Å². The van der Waals surface area contributed by atoms with Crippen LogP contribution in [0.3, 0.4) is 0 Å². The van der Waals surface area contributed by atoms with E-state index in [0.29, 0.717) is 35.5 Å². The van der Waals surface area contributed by atoms with Crippen molar-refractivity contribution in [1.29, 1.82) is 0 Å². The molecule has 1 aliphatic heterocycles. The Hall–Kier alpha value is -2.03. The van der Waals surface area contributed by atoms with Gasteiger partial charge < -0.3 is 19.6 Å². The standard InChI is InChI=1S/C16H14FN3O2S2/c17-9-6-10(14-11(7-9)18-16(23)19-14)15(21)20-3-4-22-12(8-20)13-2-1-5-24-13/h1-2,5-7,12H,3-4,8H2,(H2,18,19,23). The number of fused-ring (bicyclic) bond motifs is 1. The van der Waals surface area contributed by atoms with Gasteiger partial charge in [0.05, 0.1) is 29.7 Å². The third-order valence-corrected chi connectivity index (χ3v) is 5.20. The van der Waals surface area contributed by atoms with Crippen molar-refractivity contribution in [2.75, 3.05) is 19.7 Å². The van der Waals surface area contributed by atoms with Gasteiger partial charge in [-0.15, -0.1) is 11.3 Å². The first-order valence-corrected chi connectivity index (χ1v) is 8.76. The summed E-state index contributed by atoms with van der Waals surface area (Å²) in [6.45, 7) is 1.38. The van der Waals surface area contributed by atoms with Crippen LogP contribution in [0.15, 0.2) is 29.6 Å². The number of imidazole rings is 1. The molecule has 0 bridgehead atoms. The number of carbonyl (C=O) groups excluding carboxylic acids is 1. The number of carbonyl (C=O) groups is 1. The number of hydrogen-bond donors (Lipinski definition) is 2. The molecule has 8 heteroatoms. The zero-order valence-corrected chi connectivity index (χ0v) is 14.2. The van der Waals surface area contributed by atoms with Crippen LogP contribution < -0.4 is 0 Å². The van der Waals surface area contributed by atoms with Gasteiger partial charge in [0, 0.05) is 11.4 Å². The number of aromatic nitrogens is 2. The zero-order valence-electron chi connectivity index (χ0n) is 12.5. The number of morpholine rings is 1. The van der Waals surface area contributed by atoms with Crippen LogP contribution in [0.2, 0.25) is 0 Å². The molecule has 1 amide bonds. The first kappa shape index (κ1) is 15.5. The highest BCUT2D eigenvalue weighted by Gasteiger charge is 2.28. The minimum absolute atomic E-state index is 0.142. The van der Waals surface area contributed by atoms with Crippen LogP contribution in [-0.2, 0) is 4.74 Å². The molecule has 2 aromatic heterocycles. The highest BCUT2D eigenvalue weighted by atomic mass is 32.1. The summed E-state index contributed by atoms with van der Waals surface area (Å²) in [5, 5.41) is 1.98. The van der Waals surface area contributed by atoms with Gasteiger partial charge in [-0.25, -0.2) is 4.39 Å². The third kappa shape index (κ3) is 2.77. The van der Waals surface area contributed by atoms with Crippen LogP contribution in [0.5, 0.6) is 0 Å². The number of aromatic amines is 2. The fraction of sp³-hybridized carbons (Fsp3) is 0.250. The van der Waals surface area contributed by atoms with Crippen molar-refractivity contribution in [3.05, 3.63) is 50.7 Å². The summed E-state index contributed by atoms with van der Waals surface area (Å²) in [6.07, 6.45) is -0.142. The quantitative estimate of drug-likeness (QED) is 0.684. The Labute approximate surface area is 146 Å². The van der Waals surface area contributed by atoms with Crippen molar-refractivity contribution < 1.29 is 13.9 Å². The number of nitrogens with zero attached hydrogens (tertiary/aromatic N) is 1. The third-order valence-electron chi connectivity index (χ3n) is 4.03. The maximum absolute atomic E-state index is 13.9. The van der Waals surface area contributed by atoms with E-state index in [1.165, 1.54) is 12.1 Å². The summed E-state index contributed by atoms with van der Waals surface area (Å²) >= 11 is 6.65. The number of amides is 1. The van der Waals surface area contributed by atoms with Crippen molar-refractivity contribution in [3.63, 3.8) is 0 Å². The molecule has 1 aromatic carbocycles. The topological polar surface area (TPSA) is 61.1 Å². The van der Waals surface area contributed by atoms with Crippen molar-refractivity contribution in [3.8, 4) is 0 Å². The number of nitrogens with one attached hydrogen (secondary N) is 2. The molecule has 24 heavy (non-hydrogen) atoms. The van der Waals surface area contributed by atoms with Crippen LogP contribution in [0.4, 0.5) is 4.39 Å². The molecule has 1 unspecified atom stereocenters. The largest absolute Gasteiger partial charge is 0.369 e. The number of halogens is 1. The summed E-state index contributed by atoms with van der Waals surface area (Å²) in [6, 6.07) is 6.53. The molecule has 0 spiro atoms. The fourth-order valence-electron chi connectivity index (χ4n) is 2.93. The summed E-state index contributed by atoms with van der Waals surface area (Å²) in [7, 11) is 0. The van der Waals surface area contributed by atoms with Gasteiger partial charge in [-0.2, -0.15) is 0 Å². The Morgan fingerprint density at radius 2 is 2.29 bits per heavy atom. The van der Waals surface area contributed by atoms with Crippen LogP contribution in [-0.4, -0.2) is 40.5 Å². The fourth-order valence-corrected chi connectivity index (χ4v) is 3.90. The molecule has 1 atom stereocenters. The predicted octanol–water partition coefficient (Wildman–Crippen LogP) is 3.64. The lowest BCUT2D eigenvalue weighted by Crippen LogP contribution is -2.42. The molecule has 3 aromatic rings. The number of benzene rings is 1. The summed E-state index contributed by atoms with van der Waals surface area (Å²) < 4.78 is 20.0. The van der Waals surface area contributed by atoms with Gasteiger partial charge in [0.2, 0.25) is 0 Å². The molecule has 4 rings (SSSR count). The maximum atomic E-state index is 13.9. The van der Waals surface area contributed by atoms with Crippen LogP contribution in [0, 0.1) is 10.6 Å². The number of thiophene rings is 1. The molecule has 1 aliphatic rings. The van der Waals surface area contributed by atoms with Gasteiger partial charge in [-0.05, 0) is 35.8 Å². The highest BCUT2D eigenvalue weighted by Crippen LogP contribution is 2.28.